The molecule has 0 bridgehead atoms. The van der Waals surface area contributed by atoms with Crippen LogP contribution in [-0.2, 0) is 27.0 Å². The number of carboxylic acid groups (broad SMARTS) is 1. The third-order valence-electron chi connectivity index (χ3n) is 8.76. The van der Waals surface area contributed by atoms with Crippen molar-refractivity contribution < 1.29 is 42.1 Å². The van der Waals surface area contributed by atoms with Gasteiger partial charge in [-0.15, -0.1) is 0 Å². The number of pyridine rings is 1. The summed E-state index contributed by atoms with van der Waals surface area (Å²) in [7, 11) is 1.43. The summed E-state index contributed by atoms with van der Waals surface area (Å²) in [5.74, 6) is -0.724. The molecule has 2 aromatic heterocycles. The zero-order valence-electron chi connectivity index (χ0n) is 28.1. The highest BCUT2D eigenvalue weighted by molar-refractivity contribution is 5.90. The Kier molecular flexibility index (Phi) is 10.7. The summed E-state index contributed by atoms with van der Waals surface area (Å²) in [4.78, 5) is 44.6. The number of nitrogens with zero attached hydrogens (tertiary/aromatic N) is 7. The number of nitriles is 1. The number of fused-ring (bicyclic) bond motifs is 1. The van der Waals surface area contributed by atoms with Crippen LogP contribution in [0.3, 0.4) is 0 Å². The predicted octanol–water partition coefficient (Wildman–Crippen LogP) is 5.59. The van der Waals surface area contributed by atoms with E-state index in [1.165, 1.54) is 31.9 Å². The van der Waals surface area contributed by atoms with E-state index in [0.29, 0.717) is 44.1 Å². The number of aliphatic carboxylic acids is 1. The van der Waals surface area contributed by atoms with Crippen LogP contribution in [0, 0.1) is 16.7 Å². The Morgan fingerprint density at radius 1 is 1.14 bits per heavy atom. The second-order valence-corrected chi connectivity index (χ2v) is 12.7. The summed E-state index contributed by atoms with van der Waals surface area (Å²) in [6, 6.07) is 7.00. The van der Waals surface area contributed by atoms with Crippen LogP contribution in [0.1, 0.15) is 62.0 Å². The molecule has 4 heterocycles. The first-order valence-electron chi connectivity index (χ1n) is 16.0. The lowest BCUT2D eigenvalue weighted by Crippen LogP contribution is -2.49. The van der Waals surface area contributed by atoms with E-state index in [1.54, 1.807) is 29.4 Å². The number of morpholine rings is 1. The fourth-order valence-electron chi connectivity index (χ4n) is 5.90. The van der Waals surface area contributed by atoms with Crippen molar-refractivity contribution in [3.63, 3.8) is 0 Å². The third kappa shape index (κ3) is 7.83. The first kappa shape index (κ1) is 36.1. The van der Waals surface area contributed by atoms with Crippen molar-refractivity contribution in [3.8, 4) is 11.9 Å². The van der Waals surface area contributed by atoms with Crippen LogP contribution in [0.2, 0.25) is 0 Å². The van der Waals surface area contributed by atoms with Gasteiger partial charge in [0.1, 0.15) is 6.61 Å². The molecule has 50 heavy (non-hydrogen) atoms. The predicted molar refractivity (Wildman–Crippen MR) is 175 cm³/mol. The Hall–Kier alpha value is -5.17. The summed E-state index contributed by atoms with van der Waals surface area (Å²) in [5, 5.41) is 19.1. The number of anilines is 3. The summed E-state index contributed by atoms with van der Waals surface area (Å²) in [6.45, 7) is 6.59. The van der Waals surface area contributed by atoms with Crippen LogP contribution >= 0.6 is 0 Å². The molecule has 1 N–H and O–H groups in total. The normalized spacial score (nSPS) is 17.8. The van der Waals surface area contributed by atoms with Crippen LogP contribution in [0.4, 0.5) is 35.3 Å². The molecule has 0 aliphatic carbocycles. The minimum absolute atomic E-state index is 0.147. The van der Waals surface area contributed by atoms with Crippen molar-refractivity contribution in [2.45, 2.75) is 58.4 Å². The standard InChI is InChI=1S/C34H38F3N7O6/c1-5-24-15-27(29-26(6-7-28(41-29)48-4)44(24)32(47)50-20-33(2,3)30(45)46)43(19-22-12-21(16-38)13-23(14-22)34(35,36)37)31-39-17-25(18-40-31)42-8-10-49-11-9-42/h6-7,12-14,17-18,24,27H,5,8-11,15,19-20H2,1-4H3,(H,45,46)/t24-,27+/m1/s1. The molecule has 2 aliphatic rings. The van der Waals surface area contributed by atoms with E-state index in [9.17, 15) is 33.1 Å². The molecule has 13 nitrogen and oxygen atoms in total. The number of methoxy groups -OCH3 is 1. The van der Waals surface area contributed by atoms with Crippen molar-refractivity contribution in [1.82, 2.24) is 15.0 Å². The number of ether oxygens (including phenoxy) is 3. The molecule has 16 heteroatoms. The lowest BCUT2D eigenvalue weighted by atomic mass is 9.92. The molecule has 1 saturated heterocycles. The Bertz CT molecular complexity index is 1740. The Morgan fingerprint density at radius 3 is 2.44 bits per heavy atom. The fourth-order valence-corrected chi connectivity index (χ4v) is 5.90. The maximum Gasteiger partial charge on any atom is 0.416 e. The molecular weight excluding hydrogens is 659 g/mol. The second-order valence-electron chi connectivity index (χ2n) is 12.7. The molecular formula is C34H38F3N7O6. The maximum atomic E-state index is 13.9. The number of hydrogen-bond donors (Lipinski definition) is 1. The molecule has 5 rings (SSSR count). The van der Waals surface area contributed by atoms with E-state index in [-0.39, 0.29) is 42.5 Å². The van der Waals surface area contributed by atoms with Crippen LogP contribution in [0.25, 0.3) is 0 Å². The first-order valence-corrected chi connectivity index (χ1v) is 16.0. The van der Waals surface area contributed by atoms with Crippen molar-refractivity contribution in [2.75, 3.05) is 54.7 Å². The van der Waals surface area contributed by atoms with Crippen LogP contribution in [0.5, 0.6) is 5.88 Å². The number of alkyl halides is 3. The zero-order chi connectivity index (χ0) is 36.2. The topological polar surface area (TPSA) is 154 Å². The number of hydrogen-bond acceptors (Lipinski definition) is 11. The van der Waals surface area contributed by atoms with Gasteiger partial charge in [0.15, 0.2) is 0 Å². The van der Waals surface area contributed by atoms with Crippen molar-refractivity contribution in [1.29, 1.82) is 5.26 Å². The monoisotopic (exact) mass is 697 g/mol. The highest BCUT2D eigenvalue weighted by Crippen LogP contribution is 2.44. The molecule has 266 valence electrons. The SMILES string of the molecule is CC[C@@H]1C[C@H](N(Cc2cc(C#N)cc(C(F)(F)F)c2)c2ncc(N3CCOCC3)cn2)c2nc(OC)ccc2N1C(=O)OCC(C)(C)C(=O)O. The van der Waals surface area contributed by atoms with Gasteiger partial charge in [-0.3, -0.25) is 9.69 Å². The fraction of sp³-hybridized carbons (Fsp3) is 0.471. The summed E-state index contributed by atoms with van der Waals surface area (Å²) in [5.41, 5.74) is -0.842. The van der Waals surface area contributed by atoms with E-state index in [0.717, 1.165) is 17.8 Å². The summed E-state index contributed by atoms with van der Waals surface area (Å²) in [6.07, 6.45) is -1.53. The van der Waals surface area contributed by atoms with E-state index >= 15 is 0 Å². The molecule has 0 radical (unpaired) electrons. The number of halogens is 3. The minimum Gasteiger partial charge on any atom is -0.481 e. The van der Waals surface area contributed by atoms with Gasteiger partial charge >= 0.3 is 18.2 Å². The molecule has 2 aliphatic heterocycles. The number of carboxylic acids is 1. The van der Waals surface area contributed by atoms with E-state index in [1.807, 2.05) is 13.0 Å². The van der Waals surface area contributed by atoms with Gasteiger partial charge in [-0.2, -0.15) is 18.4 Å². The number of aromatic nitrogens is 3. The molecule has 1 amide bonds. The van der Waals surface area contributed by atoms with Crippen LogP contribution in [-0.4, -0.2) is 78.2 Å². The summed E-state index contributed by atoms with van der Waals surface area (Å²) >= 11 is 0. The maximum absolute atomic E-state index is 13.9. The molecule has 2 atom stereocenters. The molecule has 3 aromatic rings. The van der Waals surface area contributed by atoms with Gasteiger partial charge in [0.25, 0.3) is 0 Å². The Balaban J connectivity index is 1.61. The van der Waals surface area contributed by atoms with Gasteiger partial charge in [-0.1, -0.05) is 6.92 Å². The molecule has 0 saturated carbocycles. The quantitative estimate of drug-likeness (QED) is 0.281. The van der Waals surface area contributed by atoms with Gasteiger partial charge in [0, 0.05) is 31.7 Å². The van der Waals surface area contributed by atoms with E-state index < -0.39 is 41.3 Å². The van der Waals surface area contributed by atoms with Gasteiger partial charge in [0.05, 0.1) is 78.4 Å². The minimum atomic E-state index is -4.70. The van der Waals surface area contributed by atoms with E-state index in [4.69, 9.17) is 19.2 Å². The van der Waals surface area contributed by atoms with Gasteiger partial charge in [-0.25, -0.2) is 19.7 Å². The lowest BCUT2D eigenvalue weighted by Gasteiger charge is -2.43. The highest BCUT2D eigenvalue weighted by atomic mass is 19.4. The number of carbonyl (C=O) groups excluding carboxylic acids is 1. The zero-order valence-corrected chi connectivity index (χ0v) is 28.1. The highest BCUT2D eigenvalue weighted by Gasteiger charge is 2.42. The number of benzene rings is 1. The molecule has 1 fully saturated rings. The van der Waals surface area contributed by atoms with Gasteiger partial charge in [0.2, 0.25) is 11.8 Å². The van der Waals surface area contributed by atoms with Crippen LogP contribution < -0.4 is 19.4 Å². The average molecular weight is 698 g/mol. The second kappa shape index (κ2) is 14.8. The van der Waals surface area contributed by atoms with Crippen molar-refractivity contribution in [3.05, 3.63) is 65.1 Å². The number of amides is 1. The van der Waals surface area contributed by atoms with Gasteiger partial charge in [-0.05, 0) is 56.5 Å². The summed E-state index contributed by atoms with van der Waals surface area (Å²) < 4.78 is 58.2. The molecule has 0 spiro atoms. The van der Waals surface area contributed by atoms with Crippen molar-refractivity contribution >= 4 is 29.4 Å². The lowest BCUT2D eigenvalue weighted by molar-refractivity contribution is -0.149. The Labute approximate surface area is 287 Å². The third-order valence-corrected chi connectivity index (χ3v) is 8.76. The number of carbonyl (C=O) groups is 2. The smallest absolute Gasteiger partial charge is 0.416 e. The first-order chi connectivity index (χ1) is 23.7. The van der Waals surface area contributed by atoms with Crippen molar-refractivity contribution in [2.24, 2.45) is 5.41 Å². The number of rotatable bonds is 10. The van der Waals surface area contributed by atoms with E-state index in [2.05, 4.69) is 14.9 Å². The Morgan fingerprint density at radius 2 is 1.84 bits per heavy atom. The largest absolute Gasteiger partial charge is 0.481 e. The molecule has 1 aromatic carbocycles. The van der Waals surface area contributed by atoms with Crippen LogP contribution in [0.15, 0.2) is 42.7 Å². The average Bonchev–Trinajstić information content (AvgIpc) is 3.11. The van der Waals surface area contributed by atoms with Gasteiger partial charge < -0.3 is 29.1 Å². The molecule has 0 unspecified atom stereocenters.